The minimum atomic E-state index is -3.11. The largest absolute Gasteiger partial charge is 0.341 e. The van der Waals surface area contributed by atoms with Crippen LogP contribution < -0.4 is 0 Å². The van der Waals surface area contributed by atoms with E-state index >= 15 is 0 Å². The van der Waals surface area contributed by atoms with Gasteiger partial charge in [-0.15, -0.1) is 0 Å². The Morgan fingerprint density at radius 2 is 1.86 bits per heavy atom. The van der Waals surface area contributed by atoms with E-state index in [2.05, 4.69) is 19.9 Å². The van der Waals surface area contributed by atoms with Crippen molar-refractivity contribution >= 4 is 10.0 Å². The van der Waals surface area contributed by atoms with E-state index in [-0.39, 0.29) is 5.92 Å². The molecule has 1 aliphatic heterocycles. The van der Waals surface area contributed by atoms with Crippen molar-refractivity contribution in [1.29, 1.82) is 0 Å². The first kappa shape index (κ1) is 15.1. The Hall–Kier alpha value is -1.80. The van der Waals surface area contributed by atoms with Crippen LogP contribution in [-0.4, -0.2) is 52.0 Å². The summed E-state index contributed by atoms with van der Waals surface area (Å²) >= 11 is 0. The van der Waals surface area contributed by atoms with Gasteiger partial charge >= 0.3 is 0 Å². The predicted molar refractivity (Wildman–Crippen MR) is 82.7 cm³/mol. The zero-order valence-electron chi connectivity index (χ0n) is 12.7. The molecule has 3 heterocycles. The molecule has 3 rings (SSSR count). The van der Waals surface area contributed by atoms with Crippen LogP contribution in [0.4, 0.5) is 0 Å². The lowest BCUT2D eigenvalue weighted by Crippen LogP contribution is -2.37. The van der Waals surface area contributed by atoms with Crippen LogP contribution in [0.15, 0.2) is 18.6 Å². The summed E-state index contributed by atoms with van der Waals surface area (Å²) < 4.78 is 24.7. The number of piperidine rings is 1. The molecule has 1 N–H and O–H groups in total. The summed E-state index contributed by atoms with van der Waals surface area (Å²) in [5.74, 6) is 0.915. The average molecular weight is 321 g/mol. The van der Waals surface area contributed by atoms with Crippen molar-refractivity contribution in [3.63, 3.8) is 0 Å². The number of sulfonamides is 1. The smallest absolute Gasteiger partial charge is 0.211 e. The van der Waals surface area contributed by atoms with Gasteiger partial charge in [0.2, 0.25) is 10.0 Å². The number of imidazole rings is 1. The number of aryl methyl sites for hydroxylation is 1. The maximum Gasteiger partial charge on any atom is 0.211 e. The van der Waals surface area contributed by atoms with Crippen LogP contribution in [0, 0.1) is 6.92 Å². The molecule has 22 heavy (non-hydrogen) atoms. The highest BCUT2D eigenvalue weighted by Gasteiger charge is 2.28. The van der Waals surface area contributed by atoms with Gasteiger partial charge in [-0.1, -0.05) is 0 Å². The molecule has 1 aliphatic rings. The number of H-pyrrole nitrogens is 1. The molecule has 0 unspecified atom stereocenters. The van der Waals surface area contributed by atoms with Crippen LogP contribution in [0.3, 0.4) is 0 Å². The molecule has 0 aromatic carbocycles. The molecule has 1 fully saturated rings. The summed E-state index contributed by atoms with van der Waals surface area (Å²) in [6.07, 6.45) is 7.85. The fourth-order valence-corrected chi connectivity index (χ4v) is 3.70. The predicted octanol–water partition coefficient (Wildman–Crippen LogP) is 1.31. The summed E-state index contributed by atoms with van der Waals surface area (Å²) in [5.41, 5.74) is 2.62. The molecule has 7 nitrogen and oxygen atoms in total. The molecule has 0 amide bonds. The maximum absolute atomic E-state index is 11.6. The van der Waals surface area contributed by atoms with Crippen LogP contribution >= 0.6 is 0 Å². The van der Waals surface area contributed by atoms with Gasteiger partial charge in [0.25, 0.3) is 0 Å². The lowest BCUT2D eigenvalue weighted by atomic mass is 9.93. The first-order chi connectivity index (χ1) is 10.4. The van der Waals surface area contributed by atoms with E-state index in [1.807, 2.05) is 6.92 Å². The van der Waals surface area contributed by atoms with Crippen molar-refractivity contribution in [2.75, 3.05) is 19.3 Å². The van der Waals surface area contributed by atoms with Gasteiger partial charge in [0.05, 0.1) is 11.9 Å². The van der Waals surface area contributed by atoms with Crippen molar-refractivity contribution < 1.29 is 8.42 Å². The highest BCUT2D eigenvalue weighted by Crippen LogP contribution is 2.32. The van der Waals surface area contributed by atoms with Gasteiger partial charge in [-0.25, -0.2) is 22.7 Å². The van der Waals surface area contributed by atoms with Crippen LogP contribution in [-0.2, 0) is 10.0 Å². The van der Waals surface area contributed by atoms with Gasteiger partial charge in [0, 0.05) is 43.3 Å². The van der Waals surface area contributed by atoms with Gasteiger partial charge in [-0.3, -0.25) is 4.98 Å². The minimum absolute atomic E-state index is 0.201. The zero-order chi connectivity index (χ0) is 15.7. The molecule has 0 bridgehead atoms. The van der Waals surface area contributed by atoms with Gasteiger partial charge in [-0.05, 0) is 19.8 Å². The highest BCUT2D eigenvalue weighted by atomic mass is 32.2. The molecular formula is C14H19N5O2S. The van der Waals surface area contributed by atoms with Crippen LogP contribution in [0.5, 0.6) is 0 Å². The van der Waals surface area contributed by atoms with E-state index in [1.54, 1.807) is 18.6 Å². The van der Waals surface area contributed by atoms with Crippen LogP contribution in [0.1, 0.15) is 30.1 Å². The second-order valence-electron chi connectivity index (χ2n) is 5.64. The third-order valence-corrected chi connectivity index (χ3v) is 5.27. The van der Waals surface area contributed by atoms with Crippen LogP contribution in [0.2, 0.25) is 0 Å². The SMILES string of the molecule is Cc1cnc(-c2nccnc2C2CCN(S(C)(=O)=O)CC2)[nH]1. The molecule has 0 atom stereocenters. The van der Waals surface area contributed by atoms with E-state index in [0.29, 0.717) is 18.9 Å². The number of aromatic amines is 1. The Balaban J connectivity index is 1.85. The van der Waals surface area contributed by atoms with E-state index in [9.17, 15) is 8.42 Å². The zero-order valence-corrected chi connectivity index (χ0v) is 13.5. The number of aromatic nitrogens is 4. The first-order valence-electron chi connectivity index (χ1n) is 7.23. The Morgan fingerprint density at radius 1 is 1.18 bits per heavy atom. The molecule has 0 radical (unpaired) electrons. The van der Waals surface area contributed by atoms with Crippen molar-refractivity contribution in [2.24, 2.45) is 0 Å². The van der Waals surface area contributed by atoms with Gasteiger partial charge in [-0.2, -0.15) is 0 Å². The topological polar surface area (TPSA) is 91.8 Å². The second-order valence-corrected chi connectivity index (χ2v) is 7.62. The monoisotopic (exact) mass is 321 g/mol. The van der Waals surface area contributed by atoms with Crippen LogP contribution in [0.25, 0.3) is 11.5 Å². The normalized spacial score (nSPS) is 17.7. The second kappa shape index (κ2) is 5.77. The molecule has 0 aliphatic carbocycles. The lowest BCUT2D eigenvalue weighted by Gasteiger charge is -2.30. The molecule has 8 heteroatoms. The average Bonchev–Trinajstić information content (AvgIpc) is 2.93. The highest BCUT2D eigenvalue weighted by molar-refractivity contribution is 7.88. The van der Waals surface area contributed by atoms with E-state index in [4.69, 9.17) is 0 Å². The van der Waals surface area contributed by atoms with Gasteiger partial charge < -0.3 is 4.98 Å². The number of nitrogens with one attached hydrogen (secondary N) is 1. The third kappa shape index (κ3) is 3.02. The van der Waals surface area contributed by atoms with E-state index in [0.717, 1.165) is 29.9 Å². The fraction of sp³-hybridized carbons (Fsp3) is 0.500. The number of hydrogen-bond donors (Lipinski definition) is 1. The molecule has 0 saturated carbocycles. The molecule has 0 spiro atoms. The van der Waals surface area contributed by atoms with Gasteiger partial charge in [0.1, 0.15) is 5.69 Å². The van der Waals surface area contributed by atoms with Gasteiger partial charge in [0.15, 0.2) is 5.82 Å². The van der Waals surface area contributed by atoms with Crippen molar-refractivity contribution in [2.45, 2.75) is 25.7 Å². The molecule has 2 aromatic rings. The Morgan fingerprint density at radius 3 is 2.45 bits per heavy atom. The summed E-state index contributed by atoms with van der Waals surface area (Å²) in [6, 6.07) is 0. The molecular weight excluding hydrogens is 302 g/mol. The van der Waals surface area contributed by atoms with Crippen molar-refractivity contribution in [1.82, 2.24) is 24.2 Å². The quantitative estimate of drug-likeness (QED) is 0.920. The maximum atomic E-state index is 11.6. The Labute approximate surface area is 129 Å². The molecule has 118 valence electrons. The van der Waals surface area contributed by atoms with Crippen molar-refractivity contribution in [3.8, 4) is 11.5 Å². The van der Waals surface area contributed by atoms with Crippen molar-refractivity contribution in [3.05, 3.63) is 30.0 Å². The number of rotatable bonds is 3. The Bertz CT molecular complexity index is 763. The fourth-order valence-electron chi connectivity index (χ4n) is 2.82. The number of hydrogen-bond acceptors (Lipinski definition) is 5. The lowest BCUT2D eigenvalue weighted by molar-refractivity contribution is 0.318. The molecule has 1 saturated heterocycles. The molecule has 2 aromatic heterocycles. The Kier molecular flexibility index (Phi) is 3.96. The van der Waals surface area contributed by atoms with E-state index in [1.165, 1.54) is 10.6 Å². The van der Waals surface area contributed by atoms with E-state index < -0.39 is 10.0 Å². The summed E-state index contributed by atoms with van der Waals surface area (Å²) in [4.78, 5) is 16.4. The minimum Gasteiger partial charge on any atom is -0.341 e. The summed E-state index contributed by atoms with van der Waals surface area (Å²) in [5, 5.41) is 0. The summed E-state index contributed by atoms with van der Waals surface area (Å²) in [7, 11) is -3.11. The summed E-state index contributed by atoms with van der Waals surface area (Å²) in [6.45, 7) is 2.99. The first-order valence-corrected chi connectivity index (χ1v) is 9.08. The third-order valence-electron chi connectivity index (χ3n) is 3.96. The number of nitrogens with zero attached hydrogens (tertiary/aromatic N) is 4. The standard InChI is InChI=1S/C14H19N5O2S/c1-10-9-17-14(18-10)13-12(15-5-6-16-13)11-3-7-19(8-4-11)22(2,20)21/h5-6,9,11H,3-4,7-8H2,1-2H3,(H,17,18).